The third-order valence-corrected chi connectivity index (χ3v) is 2.27. The minimum atomic E-state index is -1.91. The van der Waals surface area contributed by atoms with Gasteiger partial charge in [0.15, 0.2) is 11.3 Å². The molecule has 1 unspecified atom stereocenters. The topological polar surface area (TPSA) is 89.6 Å². The van der Waals surface area contributed by atoms with Crippen molar-refractivity contribution in [1.82, 2.24) is 0 Å². The Balaban J connectivity index is 3.01. The second-order valence-corrected chi connectivity index (χ2v) is 3.57. The Morgan fingerprint density at radius 3 is 2.19 bits per heavy atom. The summed E-state index contributed by atoms with van der Waals surface area (Å²) >= 11 is 0. The zero-order chi connectivity index (χ0) is 12.3. The second kappa shape index (κ2) is 4.32. The molecule has 86 valence electrons. The van der Waals surface area contributed by atoms with Crippen molar-refractivity contribution in [2.75, 3.05) is 7.11 Å². The van der Waals surface area contributed by atoms with E-state index >= 15 is 0 Å². The number of hydrogen-bond donors (Lipinski definition) is 2. The molecule has 0 amide bonds. The number of ketones is 1. The van der Waals surface area contributed by atoms with E-state index in [9.17, 15) is 9.59 Å². The zero-order valence-electron chi connectivity index (χ0n) is 9.06. The van der Waals surface area contributed by atoms with Crippen LogP contribution in [0.1, 0.15) is 17.3 Å². The van der Waals surface area contributed by atoms with Gasteiger partial charge in [-0.05, 0) is 31.2 Å². The van der Waals surface area contributed by atoms with Gasteiger partial charge in [-0.1, -0.05) is 0 Å². The molecule has 0 aromatic heterocycles. The number of aliphatic carboxylic acids is 1. The van der Waals surface area contributed by atoms with Gasteiger partial charge in [0.25, 0.3) is 0 Å². The number of carboxylic acids is 1. The quantitative estimate of drug-likeness (QED) is 0.578. The van der Waals surface area contributed by atoms with Gasteiger partial charge in [0.05, 0.1) is 7.11 Å². The highest BCUT2D eigenvalue weighted by molar-refractivity contribution is 6.15. The molecule has 5 nitrogen and oxygen atoms in total. The summed E-state index contributed by atoms with van der Waals surface area (Å²) in [6, 6.07) is 6.11. The van der Waals surface area contributed by atoms with Gasteiger partial charge in [-0.15, -0.1) is 0 Å². The van der Waals surface area contributed by atoms with Crippen molar-refractivity contribution in [3.05, 3.63) is 29.8 Å². The number of nitrogens with two attached hydrogens (primary N) is 1. The Bertz CT molecular complexity index is 408. The normalized spacial score (nSPS) is 13.9. The van der Waals surface area contributed by atoms with Crippen molar-refractivity contribution in [3.63, 3.8) is 0 Å². The Hall–Kier alpha value is -1.88. The number of rotatable bonds is 4. The lowest BCUT2D eigenvalue weighted by Gasteiger charge is -2.17. The molecule has 0 aliphatic rings. The maximum atomic E-state index is 11.8. The molecule has 1 rings (SSSR count). The number of carbonyl (C=O) groups is 2. The van der Waals surface area contributed by atoms with Gasteiger partial charge in [0.1, 0.15) is 5.75 Å². The van der Waals surface area contributed by atoms with Crippen molar-refractivity contribution in [2.24, 2.45) is 5.73 Å². The minimum absolute atomic E-state index is 0.244. The first-order valence-electron chi connectivity index (χ1n) is 4.60. The molecule has 1 aromatic carbocycles. The van der Waals surface area contributed by atoms with E-state index in [1.807, 2.05) is 0 Å². The van der Waals surface area contributed by atoms with Crippen LogP contribution in [0.15, 0.2) is 24.3 Å². The highest BCUT2D eigenvalue weighted by Gasteiger charge is 2.37. The summed E-state index contributed by atoms with van der Waals surface area (Å²) in [4.78, 5) is 22.5. The molecule has 0 heterocycles. The Labute approximate surface area is 92.8 Å². The molecule has 0 saturated heterocycles. The van der Waals surface area contributed by atoms with E-state index in [1.165, 1.54) is 26.2 Å². The van der Waals surface area contributed by atoms with Crippen LogP contribution in [0.25, 0.3) is 0 Å². The first-order valence-corrected chi connectivity index (χ1v) is 4.60. The maximum absolute atomic E-state index is 11.8. The number of carboxylic acid groups (broad SMARTS) is 1. The molecule has 0 radical (unpaired) electrons. The molecular formula is C11H13NO4. The molecule has 0 saturated carbocycles. The van der Waals surface area contributed by atoms with Crippen LogP contribution in [0.5, 0.6) is 5.75 Å². The number of hydrogen-bond acceptors (Lipinski definition) is 4. The molecule has 0 spiro atoms. The Kier molecular flexibility index (Phi) is 3.29. The predicted octanol–water partition coefficient (Wildman–Crippen LogP) is 0.680. The summed E-state index contributed by atoms with van der Waals surface area (Å²) < 4.78 is 4.92. The molecule has 16 heavy (non-hydrogen) atoms. The van der Waals surface area contributed by atoms with Gasteiger partial charge in [-0.25, -0.2) is 4.79 Å². The number of ether oxygens (including phenoxy) is 1. The largest absolute Gasteiger partial charge is 0.497 e. The van der Waals surface area contributed by atoms with E-state index in [0.717, 1.165) is 0 Å². The molecule has 1 aromatic rings. The van der Waals surface area contributed by atoms with Gasteiger partial charge in [-0.3, -0.25) is 4.79 Å². The van der Waals surface area contributed by atoms with E-state index in [1.54, 1.807) is 12.1 Å². The maximum Gasteiger partial charge on any atom is 0.331 e. The third kappa shape index (κ3) is 2.20. The Morgan fingerprint density at radius 1 is 1.31 bits per heavy atom. The number of Topliss-reactive ketones (excluding diaryl/α,β-unsaturated/α-hetero) is 1. The highest BCUT2D eigenvalue weighted by Crippen LogP contribution is 2.15. The van der Waals surface area contributed by atoms with Gasteiger partial charge >= 0.3 is 5.97 Å². The summed E-state index contributed by atoms with van der Waals surface area (Å²) in [6.45, 7) is 1.17. The summed E-state index contributed by atoms with van der Waals surface area (Å²) in [5, 5.41) is 8.80. The van der Waals surface area contributed by atoms with Crippen LogP contribution in [0, 0.1) is 0 Å². The molecular weight excluding hydrogens is 210 g/mol. The monoisotopic (exact) mass is 223 g/mol. The molecule has 3 N–H and O–H groups in total. The average Bonchev–Trinajstić information content (AvgIpc) is 2.28. The summed E-state index contributed by atoms with van der Waals surface area (Å²) in [5.41, 5.74) is 3.76. The van der Waals surface area contributed by atoms with Gasteiger partial charge in [0.2, 0.25) is 0 Å². The van der Waals surface area contributed by atoms with Crippen LogP contribution in [0.4, 0.5) is 0 Å². The van der Waals surface area contributed by atoms with Crippen LogP contribution in [0.2, 0.25) is 0 Å². The molecule has 1 atom stereocenters. The first-order chi connectivity index (χ1) is 7.39. The van der Waals surface area contributed by atoms with Crippen molar-refractivity contribution < 1.29 is 19.4 Å². The lowest BCUT2D eigenvalue weighted by Crippen LogP contribution is -2.52. The smallest absolute Gasteiger partial charge is 0.331 e. The van der Waals surface area contributed by atoms with Crippen molar-refractivity contribution in [3.8, 4) is 5.75 Å². The Morgan fingerprint density at radius 2 is 1.81 bits per heavy atom. The SMILES string of the molecule is COc1ccc(C(=O)C(C)(N)C(=O)O)cc1. The minimum Gasteiger partial charge on any atom is -0.497 e. The summed E-state index contributed by atoms with van der Waals surface area (Å²) in [6.07, 6.45) is 0. The molecule has 0 fully saturated rings. The molecule has 0 aliphatic carbocycles. The second-order valence-electron chi connectivity index (χ2n) is 3.57. The fourth-order valence-electron chi connectivity index (χ4n) is 1.14. The first kappa shape index (κ1) is 12.2. The van der Waals surface area contributed by atoms with Crippen LogP contribution in [0.3, 0.4) is 0 Å². The average molecular weight is 223 g/mol. The van der Waals surface area contributed by atoms with E-state index < -0.39 is 17.3 Å². The number of methoxy groups -OCH3 is 1. The fourth-order valence-corrected chi connectivity index (χ4v) is 1.14. The predicted molar refractivity (Wildman–Crippen MR) is 57.6 cm³/mol. The van der Waals surface area contributed by atoms with Crippen molar-refractivity contribution in [2.45, 2.75) is 12.5 Å². The zero-order valence-corrected chi connectivity index (χ0v) is 9.06. The van der Waals surface area contributed by atoms with Gasteiger partial charge in [-0.2, -0.15) is 0 Å². The van der Waals surface area contributed by atoms with E-state index in [2.05, 4.69) is 0 Å². The molecule has 0 bridgehead atoms. The van der Waals surface area contributed by atoms with E-state index in [4.69, 9.17) is 15.6 Å². The number of carbonyl (C=O) groups excluding carboxylic acids is 1. The van der Waals surface area contributed by atoms with Crippen LogP contribution in [-0.4, -0.2) is 29.5 Å². The summed E-state index contributed by atoms with van der Waals surface area (Å²) in [5.74, 6) is -1.40. The van der Waals surface area contributed by atoms with Crippen molar-refractivity contribution >= 4 is 11.8 Å². The van der Waals surface area contributed by atoms with Crippen LogP contribution >= 0.6 is 0 Å². The lowest BCUT2D eigenvalue weighted by atomic mass is 9.92. The summed E-state index contributed by atoms with van der Waals surface area (Å²) in [7, 11) is 1.50. The lowest BCUT2D eigenvalue weighted by molar-refractivity contribution is -0.140. The highest BCUT2D eigenvalue weighted by atomic mass is 16.5. The third-order valence-electron chi connectivity index (χ3n) is 2.27. The van der Waals surface area contributed by atoms with Crippen LogP contribution < -0.4 is 10.5 Å². The molecule has 0 aliphatic heterocycles. The van der Waals surface area contributed by atoms with E-state index in [0.29, 0.717) is 5.75 Å². The van der Waals surface area contributed by atoms with Gasteiger partial charge in [0, 0.05) is 5.56 Å². The van der Waals surface area contributed by atoms with Gasteiger partial charge < -0.3 is 15.6 Å². The number of benzene rings is 1. The molecule has 5 heteroatoms. The van der Waals surface area contributed by atoms with Crippen LogP contribution in [-0.2, 0) is 4.79 Å². The van der Waals surface area contributed by atoms with Crippen molar-refractivity contribution in [1.29, 1.82) is 0 Å². The fraction of sp³-hybridized carbons (Fsp3) is 0.273. The van der Waals surface area contributed by atoms with E-state index in [-0.39, 0.29) is 5.56 Å². The standard InChI is InChI=1S/C11H13NO4/c1-11(12,10(14)15)9(13)7-3-5-8(16-2)6-4-7/h3-6H,12H2,1-2H3,(H,14,15).